The third-order valence-electron chi connectivity index (χ3n) is 2.29. The molecule has 1 rings (SSSR count). The number of halogens is 2. The van der Waals surface area contributed by atoms with E-state index in [9.17, 15) is 4.79 Å². The van der Waals surface area contributed by atoms with Crippen molar-refractivity contribution in [3.05, 3.63) is 27.7 Å². The average Bonchev–Trinajstić information content (AvgIpc) is 2.34. The van der Waals surface area contributed by atoms with Crippen LogP contribution in [-0.4, -0.2) is 24.8 Å². The molecule has 0 aliphatic rings. The van der Waals surface area contributed by atoms with Gasteiger partial charge >= 0.3 is 5.97 Å². The minimum atomic E-state index is -0.273. The molecule has 0 saturated heterocycles. The van der Waals surface area contributed by atoms with E-state index < -0.39 is 0 Å². The highest BCUT2D eigenvalue weighted by Gasteiger charge is 2.08. The number of rotatable bonds is 6. The van der Waals surface area contributed by atoms with Gasteiger partial charge in [-0.2, -0.15) is 0 Å². The first-order chi connectivity index (χ1) is 8.58. The van der Waals surface area contributed by atoms with Crippen LogP contribution in [0.4, 0.5) is 0 Å². The first-order valence-corrected chi connectivity index (χ1v) is 6.12. The van der Waals surface area contributed by atoms with E-state index in [4.69, 9.17) is 33.0 Å². The van der Waals surface area contributed by atoms with Gasteiger partial charge in [0.15, 0.2) is 0 Å². The Hall–Kier alpha value is -0.970. The molecular formula is C12H14Cl2O4. The smallest absolute Gasteiger partial charge is 0.305 e. The summed E-state index contributed by atoms with van der Waals surface area (Å²) in [4.78, 5) is 10.9. The Kier molecular flexibility index (Phi) is 6.25. The van der Waals surface area contributed by atoms with Gasteiger partial charge in [0.1, 0.15) is 5.75 Å². The number of hydrogen-bond acceptors (Lipinski definition) is 4. The molecule has 4 nitrogen and oxygen atoms in total. The fraction of sp³-hybridized carbons (Fsp3) is 0.417. The number of ether oxygens (including phenoxy) is 2. The molecule has 0 aromatic heterocycles. The van der Waals surface area contributed by atoms with Crippen molar-refractivity contribution in [3.8, 4) is 5.75 Å². The van der Waals surface area contributed by atoms with Gasteiger partial charge in [-0.3, -0.25) is 4.79 Å². The van der Waals surface area contributed by atoms with E-state index in [0.29, 0.717) is 40.8 Å². The molecule has 0 atom stereocenters. The van der Waals surface area contributed by atoms with Crippen LogP contribution in [0.25, 0.3) is 0 Å². The Morgan fingerprint density at radius 1 is 1.33 bits per heavy atom. The lowest BCUT2D eigenvalue weighted by atomic mass is 10.2. The fourth-order valence-corrected chi connectivity index (χ4v) is 1.91. The second-order valence-electron chi connectivity index (χ2n) is 3.55. The summed E-state index contributed by atoms with van der Waals surface area (Å²) in [5.74, 6) is 0.234. The first kappa shape index (κ1) is 15.1. The molecule has 0 heterocycles. The number of carbonyl (C=O) groups is 1. The van der Waals surface area contributed by atoms with Crippen LogP contribution >= 0.6 is 23.2 Å². The third-order valence-corrected chi connectivity index (χ3v) is 2.97. The maximum Gasteiger partial charge on any atom is 0.305 e. The monoisotopic (exact) mass is 292 g/mol. The van der Waals surface area contributed by atoms with Crippen molar-refractivity contribution >= 4 is 29.2 Å². The summed E-state index contributed by atoms with van der Waals surface area (Å²) in [5, 5.41) is 9.74. The summed E-state index contributed by atoms with van der Waals surface area (Å²) < 4.78 is 9.91. The van der Waals surface area contributed by atoms with Gasteiger partial charge in [0.25, 0.3) is 0 Å². The van der Waals surface area contributed by atoms with E-state index in [1.165, 1.54) is 7.11 Å². The van der Waals surface area contributed by atoms with Gasteiger partial charge in [-0.15, -0.1) is 0 Å². The maximum atomic E-state index is 10.9. The molecule has 0 aliphatic heterocycles. The predicted octanol–water partition coefficient (Wildman–Crippen LogP) is 2.82. The molecule has 0 fully saturated rings. The quantitative estimate of drug-likeness (QED) is 0.647. The number of esters is 1. The molecule has 18 heavy (non-hydrogen) atoms. The van der Waals surface area contributed by atoms with Crippen molar-refractivity contribution < 1.29 is 19.4 Å². The lowest BCUT2D eigenvalue weighted by Crippen LogP contribution is -2.04. The lowest BCUT2D eigenvalue weighted by molar-refractivity contribution is -0.140. The van der Waals surface area contributed by atoms with E-state index in [-0.39, 0.29) is 12.6 Å². The summed E-state index contributed by atoms with van der Waals surface area (Å²) in [7, 11) is 1.34. The number of aliphatic hydroxyl groups is 1. The van der Waals surface area contributed by atoms with Gasteiger partial charge in [0, 0.05) is 12.0 Å². The van der Waals surface area contributed by atoms with Crippen LogP contribution in [0, 0.1) is 0 Å². The van der Waals surface area contributed by atoms with Crippen molar-refractivity contribution in [3.63, 3.8) is 0 Å². The van der Waals surface area contributed by atoms with Crippen LogP contribution < -0.4 is 4.74 Å². The van der Waals surface area contributed by atoms with Gasteiger partial charge in [-0.25, -0.2) is 0 Å². The molecule has 1 aromatic rings. The fourth-order valence-electron chi connectivity index (χ4n) is 1.32. The zero-order valence-corrected chi connectivity index (χ0v) is 11.4. The second kappa shape index (κ2) is 7.46. The summed E-state index contributed by atoms with van der Waals surface area (Å²) in [6.07, 6.45) is 0.844. The molecule has 0 saturated carbocycles. The number of benzene rings is 1. The van der Waals surface area contributed by atoms with Crippen LogP contribution in [0.15, 0.2) is 12.1 Å². The van der Waals surface area contributed by atoms with Crippen LogP contribution in [0.5, 0.6) is 5.75 Å². The molecular weight excluding hydrogens is 279 g/mol. The van der Waals surface area contributed by atoms with Crippen LogP contribution in [0.3, 0.4) is 0 Å². The Morgan fingerprint density at radius 2 is 1.94 bits per heavy atom. The molecule has 0 aliphatic carbocycles. The Morgan fingerprint density at radius 3 is 2.44 bits per heavy atom. The number of carbonyl (C=O) groups excluding carboxylic acids is 1. The largest absolute Gasteiger partial charge is 0.493 e. The van der Waals surface area contributed by atoms with Crippen LogP contribution in [0.1, 0.15) is 18.4 Å². The minimum absolute atomic E-state index is 0.222. The molecule has 0 unspecified atom stereocenters. The highest BCUT2D eigenvalue weighted by molar-refractivity contribution is 6.36. The van der Waals surface area contributed by atoms with E-state index in [1.807, 2.05) is 0 Å². The standard InChI is InChI=1S/C12H14Cl2O4/c1-17-12(16)3-2-4-18-8-5-10(13)9(7-15)11(14)6-8/h5-6,15H,2-4,7H2,1H3. The zero-order chi connectivity index (χ0) is 13.5. The minimum Gasteiger partial charge on any atom is -0.493 e. The number of aliphatic hydroxyl groups excluding tert-OH is 1. The summed E-state index contributed by atoms with van der Waals surface area (Å²) in [5.41, 5.74) is 0.472. The van der Waals surface area contributed by atoms with E-state index in [2.05, 4.69) is 4.74 Å². The molecule has 0 amide bonds. The Balaban J connectivity index is 2.51. The maximum absolute atomic E-state index is 10.9. The molecule has 1 N–H and O–H groups in total. The Bertz CT molecular complexity index is 398. The van der Waals surface area contributed by atoms with Crippen LogP contribution in [0.2, 0.25) is 10.0 Å². The Labute approximate surface area is 115 Å². The zero-order valence-electron chi connectivity index (χ0n) is 9.91. The number of hydrogen-bond donors (Lipinski definition) is 1. The van der Waals surface area contributed by atoms with Gasteiger partial charge in [-0.1, -0.05) is 23.2 Å². The van der Waals surface area contributed by atoms with Gasteiger partial charge < -0.3 is 14.6 Å². The van der Waals surface area contributed by atoms with E-state index in [1.54, 1.807) is 12.1 Å². The van der Waals surface area contributed by atoms with Crippen molar-refractivity contribution in [2.24, 2.45) is 0 Å². The molecule has 6 heteroatoms. The lowest BCUT2D eigenvalue weighted by Gasteiger charge is -2.09. The summed E-state index contributed by atoms with van der Waals surface area (Å²) in [6.45, 7) is 0.139. The number of methoxy groups -OCH3 is 1. The van der Waals surface area contributed by atoms with E-state index >= 15 is 0 Å². The summed E-state index contributed by atoms with van der Waals surface area (Å²) >= 11 is 11.8. The van der Waals surface area contributed by atoms with Gasteiger partial charge in [0.2, 0.25) is 0 Å². The second-order valence-corrected chi connectivity index (χ2v) is 4.37. The molecule has 1 aromatic carbocycles. The van der Waals surface area contributed by atoms with Crippen molar-refractivity contribution in [1.29, 1.82) is 0 Å². The predicted molar refractivity (Wildman–Crippen MR) is 69.1 cm³/mol. The SMILES string of the molecule is COC(=O)CCCOc1cc(Cl)c(CO)c(Cl)c1. The topological polar surface area (TPSA) is 55.8 Å². The molecule has 0 bridgehead atoms. The van der Waals surface area contributed by atoms with Crippen molar-refractivity contribution in [2.45, 2.75) is 19.4 Å². The first-order valence-electron chi connectivity index (χ1n) is 5.37. The molecule has 100 valence electrons. The molecule has 0 radical (unpaired) electrons. The van der Waals surface area contributed by atoms with Gasteiger partial charge in [-0.05, 0) is 18.6 Å². The highest BCUT2D eigenvalue weighted by atomic mass is 35.5. The highest BCUT2D eigenvalue weighted by Crippen LogP contribution is 2.30. The van der Waals surface area contributed by atoms with Crippen LogP contribution in [-0.2, 0) is 16.1 Å². The molecule has 0 spiro atoms. The average molecular weight is 293 g/mol. The van der Waals surface area contributed by atoms with Gasteiger partial charge in [0.05, 0.1) is 30.4 Å². The normalized spacial score (nSPS) is 10.2. The van der Waals surface area contributed by atoms with Crippen molar-refractivity contribution in [2.75, 3.05) is 13.7 Å². The van der Waals surface area contributed by atoms with Crippen molar-refractivity contribution in [1.82, 2.24) is 0 Å². The summed E-state index contributed by atoms with van der Waals surface area (Å²) in [6, 6.07) is 3.16. The van der Waals surface area contributed by atoms with E-state index in [0.717, 1.165) is 0 Å². The third kappa shape index (κ3) is 4.37.